The molecule has 1 aromatic heterocycles. The maximum absolute atomic E-state index is 8.56. The van der Waals surface area contributed by atoms with Crippen LogP contribution >= 0.6 is 0 Å². The molecule has 222 valence electrons. The van der Waals surface area contributed by atoms with Crippen LogP contribution in [-0.2, 0) is 20.1 Å². The quantitative estimate of drug-likeness (QED) is 0.206. The molecule has 0 radical (unpaired) electrons. The average Bonchev–Trinajstić information content (AvgIpc) is 3.44. The minimum absolute atomic E-state index is 0. The van der Waals surface area contributed by atoms with Gasteiger partial charge in [-0.15, -0.1) is 41.6 Å². The van der Waals surface area contributed by atoms with Gasteiger partial charge in [-0.3, -0.25) is 0 Å². The second kappa shape index (κ2) is 17.2. The van der Waals surface area contributed by atoms with Crippen LogP contribution in [0.4, 0.5) is 5.69 Å². The summed E-state index contributed by atoms with van der Waals surface area (Å²) >= 11 is 0. The van der Waals surface area contributed by atoms with Gasteiger partial charge in [0.05, 0.1) is 12.2 Å². The number of aromatic nitrogens is 1. The number of aliphatic hydroxyl groups excluding tert-OH is 2. The Kier molecular flexibility index (Phi) is 13.7. The first-order valence-corrected chi connectivity index (χ1v) is 14.6. The van der Waals surface area contributed by atoms with Crippen LogP contribution in [0.5, 0.6) is 0 Å². The third-order valence-corrected chi connectivity index (χ3v) is 7.25. The zero-order valence-corrected chi connectivity index (χ0v) is 27.2. The first-order valence-electron chi connectivity index (χ1n) is 14.6. The van der Waals surface area contributed by atoms with Gasteiger partial charge in [0.25, 0.3) is 0 Å². The van der Waals surface area contributed by atoms with E-state index in [2.05, 4.69) is 47.4 Å². The number of anilines is 1. The molecule has 3 aromatic carbocycles. The zero-order valence-electron chi connectivity index (χ0n) is 24.8. The zero-order chi connectivity index (χ0) is 29.0. The van der Waals surface area contributed by atoms with Crippen molar-refractivity contribution in [3.63, 3.8) is 0 Å². The summed E-state index contributed by atoms with van der Waals surface area (Å²) in [4.78, 5) is 8.62. The summed E-state index contributed by atoms with van der Waals surface area (Å²) in [5.41, 5.74) is 4.67. The van der Waals surface area contributed by atoms with Crippen LogP contribution in [0, 0.1) is 18.8 Å². The molecule has 0 amide bonds. The Labute approximate surface area is 265 Å². The van der Waals surface area contributed by atoms with E-state index in [0.717, 1.165) is 22.9 Å². The molecule has 5 nitrogen and oxygen atoms in total. The van der Waals surface area contributed by atoms with Crippen molar-refractivity contribution in [1.82, 2.24) is 9.88 Å². The number of fused-ring (bicyclic) bond motifs is 1. The monoisotopic (exact) mass is 741 g/mol. The van der Waals surface area contributed by atoms with Crippen molar-refractivity contribution in [2.45, 2.75) is 70.5 Å². The molecule has 42 heavy (non-hydrogen) atoms. The molecule has 0 bridgehead atoms. The van der Waals surface area contributed by atoms with Crippen LogP contribution in [0.1, 0.15) is 63.9 Å². The summed E-state index contributed by atoms with van der Waals surface area (Å²) in [5, 5.41) is 19.6. The Morgan fingerprint density at radius 1 is 0.905 bits per heavy atom. The Balaban J connectivity index is 0.000000204. The van der Waals surface area contributed by atoms with Crippen molar-refractivity contribution in [2.24, 2.45) is 0 Å². The van der Waals surface area contributed by atoms with E-state index in [9.17, 15) is 0 Å². The third-order valence-electron chi connectivity index (χ3n) is 7.25. The minimum atomic E-state index is -0.375. The molecular weight excluding hydrogens is 699 g/mol. The number of nitrogens with zero attached hydrogens (tertiary/aromatic N) is 3. The summed E-state index contributed by atoms with van der Waals surface area (Å²) in [7, 11) is 2.00. The van der Waals surface area contributed by atoms with Crippen molar-refractivity contribution in [3.8, 4) is 11.3 Å². The third kappa shape index (κ3) is 10.1. The number of pyridine rings is 1. The number of hydrogen-bond donors (Lipinski definition) is 2. The molecule has 6 heteroatoms. The van der Waals surface area contributed by atoms with E-state index < -0.39 is 0 Å². The van der Waals surface area contributed by atoms with Crippen LogP contribution in [0.2, 0.25) is 0 Å². The van der Waals surface area contributed by atoms with Gasteiger partial charge in [-0.2, -0.15) is 37.0 Å². The van der Waals surface area contributed by atoms with Gasteiger partial charge in [0.2, 0.25) is 0 Å². The van der Waals surface area contributed by atoms with Crippen LogP contribution < -0.4 is 4.90 Å². The van der Waals surface area contributed by atoms with Crippen molar-refractivity contribution in [2.75, 3.05) is 11.9 Å². The van der Waals surface area contributed by atoms with Gasteiger partial charge in [-0.05, 0) is 86.6 Å². The van der Waals surface area contributed by atoms with Crippen molar-refractivity contribution in [1.29, 1.82) is 0 Å². The molecule has 0 saturated heterocycles. The first kappa shape index (κ1) is 33.5. The molecule has 1 aliphatic carbocycles. The number of para-hydroxylation sites is 1. The van der Waals surface area contributed by atoms with E-state index >= 15 is 0 Å². The van der Waals surface area contributed by atoms with Gasteiger partial charge in [0.15, 0.2) is 0 Å². The van der Waals surface area contributed by atoms with Crippen LogP contribution in [0.3, 0.4) is 0 Å². The summed E-state index contributed by atoms with van der Waals surface area (Å²) in [6.07, 6.45) is 12.5. The van der Waals surface area contributed by atoms with E-state index in [0.29, 0.717) is 6.42 Å². The number of rotatable bonds is 5. The Hall–Kier alpha value is -3.02. The Morgan fingerprint density at radius 2 is 1.62 bits per heavy atom. The maximum atomic E-state index is 8.56. The minimum Gasteiger partial charge on any atom is -0.510 e. The first-order chi connectivity index (χ1) is 19.9. The fourth-order valence-corrected chi connectivity index (χ4v) is 5.27. The van der Waals surface area contributed by atoms with Crippen LogP contribution in [-0.4, -0.2) is 39.4 Å². The predicted octanol–water partition coefficient (Wildman–Crippen LogP) is 7.71. The summed E-state index contributed by atoms with van der Waals surface area (Å²) < 4.78 is 0. The molecule has 2 atom stereocenters. The maximum Gasteiger partial charge on any atom is 3.00 e. The molecule has 2 unspecified atom stereocenters. The summed E-state index contributed by atoms with van der Waals surface area (Å²) in [6, 6.07) is 31.5. The number of aliphatic hydroxyl groups is 2. The van der Waals surface area contributed by atoms with Gasteiger partial charge < -0.3 is 25.0 Å². The molecule has 1 saturated carbocycles. The second-order valence-corrected chi connectivity index (χ2v) is 10.9. The summed E-state index contributed by atoms with van der Waals surface area (Å²) in [5.74, 6) is 0.748. The molecule has 2 aliphatic rings. The van der Waals surface area contributed by atoms with Crippen LogP contribution in [0.15, 0.2) is 91.4 Å². The molecular formula is C36H42IrN3O2. The van der Waals surface area contributed by atoms with E-state index in [1.165, 1.54) is 48.4 Å². The molecule has 0 spiro atoms. The normalized spacial score (nSPS) is 16.0. The number of benzene rings is 3. The second-order valence-electron chi connectivity index (χ2n) is 10.9. The van der Waals surface area contributed by atoms with Crippen molar-refractivity contribution in [3.05, 3.63) is 116 Å². The van der Waals surface area contributed by atoms with Crippen molar-refractivity contribution < 1.29 is 30.3 Å². The van der Waals surface area contributed by atoms with E-state index in [1.54, 1.807) is 13.8 Å². The predicted molar refractivity (Wildman–Crippen MR) is 169 cm³/mol. The SMILES string of the molecule is CC(O)CC(C)O.CN1C=CN(c2[c-]cccc2)[CH-]1.[Ir+3].[c-]1ccccc1-c1nccc2cc(C3CCCCC3)ccc12. The Morgan fingerprint density at radius 3 is 2.19 bits per heavy atom. The fraction of sp³-hybridized carbons (Fsp3) is 0.333. The van der Waals surface area contributed by atoms with E-state index in [-0.39, 0.29) is 32.3 Å². The van der Waals surface area contributed by atoms with Gasteiger partial charge in [0, 0.05) is 6.20 Å². The summed E-state index contributed by atoms with van der Waals surface area (Å²) in [6.45, 7) is 5.32. The molecule has 6 rings (SSSR count). The molecule has 1 aliphatic heterocycles. The average molecular weight is 741 g/mol. The van der Waals surface area contributed by atoms with Gasteiger partial charge in [-0.25, -0.2) is 0 Å². The number of hydrogen-bond acceptors (Lipinski definition) is 5. The van der Waals surface area contributed by atoms with Crippen molar-refractivity contribution >= 4 is 16.5 Å². The van der Waals surface area contributed by atoms with E-state index in [1.807, 2.05) is 84.6 Å². The van der Waals surface area contributed by atoms with Crippen LogP contribution in [0.25, 0.3) is 22.0 Å². The standard InChI is InChI=1S/C21H20N.C10H10N2.C5H12O2.Ir/c1-3-7-16(8-4-1)18-11-12-20-19(15-18)13-14-22-21(20)17-9-5-2-6-10-17;1-11-7-8-12(9-11)10-5-3-2-4-6-10;1-4(6)3-5(2)7;/h2,5-6,9,11-16H,1,3-4,7-8H2;2-5,7-9H,1H3;4-7H,3H2,1-2H3;/q-1;-2;;+3. The molecule has 2 heterocycles. The molecule has 4 aromatic rings. The van der Waals surface area contributed by atoms with E-state index in [4.69, 9.17) is 10.2 Å². The van der Waals surface area contributed by atoms with Gasteiger partial charge in [0.1, 0.15) is 0 Å². The smallest absolute Gasteiger partial charge is 0.510 e. The molecule has 1 fully saturated rings. The molecule has 2 N–H and O–H groups in total. The topological polar surface area (TPSA) is 59.8 Å². The Bertz CT molecular complexity index is 1350. The van der Waals surface area contributed by atoms with Gasteiger partial charge in [-0.1, -0.05) is 37.5 Å². The van der Waals surface area contributed by atoms with Gasteiger partial charge >= 0.3 is 20.1 Å². The fourth-order valence-electron chi connectivity index (χ4n) is 5.27. The largest absolute Gasteiger partial charge is 3.00 e.